The Hall–Kier alpha value is -2.63. The summed E-state index contributed by atoms with van der Waals surface area (Å²) in [6.45, 7) is 12.3. The highest BCUT2D eigenvalue weighted by molar-refractivity contribution is 7.90. The number of rotatable bonds is 9. The zero-order chi connectivity index (χ0) is 33.4. The molecule has 4 aliphatic rings. The number of nitrogens with zero attached hydrogens (tertiary/aromatic N) is 3. The van der Waals surface area contributed by atoms with E-state index in [1.165, 1.54) is 28.6 Å². The van der Waals surface area contributed by atoms with E-state index in [9.17, 15) is 26.8 Å². The monoisotopic (exact) mass is 671 g/mol. The van der Waals surface area contributed by atoms with Gasteiger partial charge in [0.1, 0.15) is 17.7 Å². The molecule has 2 aliphatic carbocycles. The van der Waals surface area contributed by atoms with Gasteiger partial charge in [-0.2, -0.15) is 5.10 Å². The normalized spacial score (nSPS) is 30.2. The number of carbonyl (C=O) groups is 1. The maximum atomic E-state index is 14.7. The molecule has 6 atom stereocenters. The van der Waals surface area contributed by atoms with Gasteiger partial charge in [-0.3, -0.25) is 9.80 Å². The molecule has 0 radical (unpaired) electrons. The zero-order valence-corrected chi connectivity index (χ0v) is 29.5. The second-order valence-electron chi connectivity index (χ2n) is 15.9. The van der Waals surface area contributed by atoms with E-state index in [1.54, 1.807) is 35.5 Å². The van der Waals surface area contributed by atoms with Crippen LogP contribution in [0.1, 0.15) is 77.7 Å². The number of halogens is 2. The molecule has 7 nitrogen and oxygen atoms in total. The molecule has 1 amide bonds. The van der Waals surface area contributed by atoms with Crippen molar-refractivity contribution in [3.63, 3.8) is 0 Å². The highest BCUT2D eigenvalue weighted by Gasteiger charge is 2.72. The first-order valence-electron chi connectivity index (χ1n) is 16.5. The summed E-state index contributed by atoms with van der Waals surface area (Å²) >= 11 is 0. The van der Waals surface area contributed by atoms with Gasteiger partial charge in [0.05, 0.1) is 17.5 Å². The van der Waals surface area contributed by atoms with Crippen molar-refractivity contribution in [1.82, 2.24) is 4.31 Å². The van der Waals surface area contributed by atoms with Gasteiger partial charge in [0.2, 0.25) is 10.0 Å². The Labute approximate surface area is 273 Å². The maximum absolute atomic E-state index is 14.7. The van der Waals surface area contributed by atoms with Crippen LogP contribution in [0.2, 0.25) is 18.1 Å². The van der Waals surface area contributed by atoms with E-state index in [1.807, 2.05) is 13.1 Å². The SMILES string of the molecule is CC1(C)C2CCC13CS(=O)(=O)N(C(=O)[C@@H]1[C@@H](CC[C@H](CC(C)(C)[Si](C)(C)O)c4ccc(F)cc4)C=NN1c1ccc(F)cc1)C3C2. The molecule has 3 fully saturated rings. The van der Waals surface area contributed by atoms with E-state index in [4.69, 9.17) is 0 Å². The second-order valence-corrected chi connectivity index (χ2v) is 22.2. The summed E-state index contributed by atoms with van der Waals surface area (Å²) in [5.74, 6) is -1.32. The smallest absolute Gasteiger partial charge is 0.261 e. The van der Waals surface area contributed by atoms with Crippen LogP contribution < -0.4 is 5.01 Å². The number of fused-ring (bicyclic) bond motifs is 1. The van der Waals surface area contributed by atoms with E-state index >= 15 is 0 Å². The molecule has 6 rings (SSSR count). The van der Waals surface area contributed by atoms with Gasteiger partial charge in [-0.05, 0) is 116 Å². The topological polar surface area (TPSA) is 90.3 Å². The van der Waals surface area contributed by atoms with Gasteiger partial charge in [0.25, 0.3) is 5.91 Å². The number of hydrogen-bond acceptors (Lipinski definition) is 6. The zero-order valence-electron chi connectivity index (χ0n) is 27.7. The number of benzene rings is 2. The lowest BCUT2D eigenvalue weighted by molar-refractivity contribution is -0.131. The van der Waals surface area contributed by atoms with Crippen LogP contribution in [0.3, 0.4) is 0 Å². The number of sulfonamides is 1. The molecule has 250 valence electrons. The van der Waals surface area contributed by atoms with E-state index < -0.39 is 47.4 Å². The molecule has 2 aromatic carbocycles. The van der Waals surface area contributed by atoms with Crippen LogP contribution in [0.4, 0.5) is 14.5 Å². The molecule has 2 aliphatic heterocycles. The van der Waals surface area contributed by atoms with Crippen LogP contribution in [0.5, 0.6) is 0 Å². The van der Waals surface area contributed by atoms with Gasteiger partial charge in [-0.25, -0.2) is 21.5 Å². The van der Waals surface area contributed by atoms with Gasteiger partial charge in [-0.15, -0.1) is 0 Å². The quantitative estimate of drug-likeness (QED) is 0.289. The summed E-state index contributed by atoms with van der Waals surface area (Å²) in [7, 11) is -6.44. The summed E-state index contributed by atoms with van der Waals surface area (Å²) in [6.07, 6.45) is 5.98. The minimum atomic E-state index is -3.87. The Bertz CT molecular complexity index is 1620. The summed E-state index contributed by atoms with van der Waals surface area (Å²) in [6, 6.07) is 10.9. The summed E-state index contributed by atoms with van der Waals surface area (Å²) < 4.78 is 56.9. The number of hydrogen-bond donors (Lipinski definition) is 1. The number of anilines is 1. The van der Waals surface area contributed by atoms with Crippen molar-refractivity contribution in [3.05, 3.63) is 65.7 Å². The van der Waals surface area contributed by atoms with Crippen molar-refractivity contribution in [1.29, 1.82) is 0 Å². The third-order valence-corrected chi connectivity index (χ3v) is 18.1. The second kappa shape index (κ2) is 11.2. The molecule has 3 unspecified atom stereocenters. The molecule has 2 aromatic rings. The number of amides is 1. The van der Waals surface area contributed by atoms with Crippen molar-refractivity contribution in [3.8, 4) is 0 Å². The van der Waals surface area contributed by atoms with Crippen LogP contribution in [-0.2, 0) is 14.8 Å². The maximum Gasteiger partial charge on any atom is 0.261 e. The summed E-state index contributed by atoms with van der Waals surface area (Å²) in [4.78, 5) is 25.8. The Morgan fingerprint density at radius 1 is 1.09 bits per heavy atom. The predicted molar refractivity (Wildman–Crippen MR) is 179 cm³/mol. The molecular formula is C35H47F2N3O4SSi. The first kappa shape index (κ1) is 33.3. The minimum absolute atomic E-state index is 0.0166. The average molecular weight is 672 g/mol. The fourth-order valence-corrected chi connectivity index (χ4v) is 12.2. The molecule has 2 saturated carbocycles. The first-order valence-corrected chi connectivity index (χ1v) is 21.1. The Kier molecular flexibility index (Phi) is 8.12. The molecule has 2 bridgehead atoms. The average Bonchev–Trinajstić information content (AvgIpc) is 3.62. The Morgan fingerprint density at radius 2 is 1.70 bits per heavy atom. The van der Waals surface area contributed by atoms with E-state index in [0.717, 1.165) is 18.4 Å². The van der Waals surface area contributed by atoms with Crippen molar-refractivity contribution in [2.24, 2.45) is 27.8 Å². The molecule has 46 heavy (non-hydrogen) atoms. The lowest BCUT2D eigenvalue weighted by Crippen LogP contribution is -2.53. The number of carbonyl (C=O) groups excluding carboxylic acids is 1. The number of hydrazone groups is 1. The summed E-state index contributed by atoms with van der Waals surface area (Å²) in [5, 5.41) is 5.85. The van der Waals surface area contributed by atoms with Gasteiger partial charge in [-0.1, -0.05) is 39.8 Å². The molecule has 0 aromatic heterocycles. The van der Waals surface area contributed by atoms with Gasteiger partial charge >= 0.3 is 0 Å². The Morgan fingerprint density at radius 3 is 2.28 bits per heavy atom. The summed E-state index contributed by atoms with van der Waals surface area (Å²) in [5.41, 5.74) is 0.833. The van der Waals surface area contributed by atoms with Gasteiger partial charge in [0, 0.05) is 17.5 Å². The largest absolute Gasteiger partial charge is 0.432 e. The van der Waals surface area contributed by atoms with Crippen molar-refractivity contribution in [2.45, 2.75) is 102 Å². The predicted octanol–water partition coefficient (Wildman–Crippen LogP) is 7.05. The molecule has 1 saturated heterocycles. The van der Waals surface area contributed by atoms with Crippen molar-refractivity contribution < 1.29 is 26.8 Å². The lowest BCUT2D eigenvalue weighted by Gasteiger charge is -2.39. The van der Waals surface area contributed by atoms with Crippen LogP contribution in [-0.4, -0.2) is 55.8 Å². The molecule has 11 heteroatoms. The lowest BCUT2D eigenvalue weighted by atomic mass is 9.69. The van der Waals surface area contributed by atoms with Crippen molar-refractivity contribution >= 4 is 36.1 Å². The highest BCUT2D eigenvalue weighted by atomic mass is 32.2. The fraction of sp³-hybridized carbons (Fsp3) is 0.600. The van der Waals surface area contributed by atoms with Crippen LogP contribution >= 0.6 is 0 Å². The highest BCUT2D eigenvalue weighted by Crippen LogP contribution is 2.70. The molecule has 1 N–H and O–H groups in total. The van der Waals surface area contributed by atoms with Crippen LogP contribution in [0.15, 0.2) is 53.6 Å². The third kappa shape index (κ3) is 5.34. The van der Waals surface area contributed by atoms with Gasteiger partial charge in [0.15, 0.2) is 8.32 Å². The van der Waals surface area contributed by atoms with Crippen LogP contribution in [0, 0.1) is 34.3 Å². The molecule has 1 spiro atoms. The molecular weight excluding hydrogens is 625 g/mol. The van der Waals surface area contributed by atoms with Crippen molar-refractivity contribution in [2.75, 3.05) is 10.8 Å². The standard InChI is InChI=1S/C35H47F2N3O4SSi/c1-33(2,46(5,6)44)20-24(23-9-11-27(36)12-10-23)7-8-25-21-38-39(29-15-13-28(37)14-16-29)31(25)32(41)40-30-19-26-17-18-35(30,34(26,3)4)22-45(40,42)43/h9-16,21,24-26,30-31,44H,7-8,17-20,22H2,1-6H3/t24-,25+,26?,30?,31+,35?/m1/s1. The first-order chi connectivity index (χ1) is 21.4. The third-order valence-electron chi connectivity index (χ3n) is 12.6. The van der Waals surface area contributed by atoms with E-state index in [0.29, 0.717) is 37.3 Å². The van der Waals surface area contributed by atoms with E-state index in [2.05, 4.69) is 32.8 Å². The van der Waals surface area contributed by atoms with Gasteiger partial charge < -0.3 is 4.80 Å². The Balaban J connectivity index is 1.33. The van der Waals surface area contributed by atoms with Crippen LogP contribution in [0.25, 0.3) is 0 Å². The fourth-order valence-electron chi connectivity index (χ4n) is 8.92. The molecule has 2 heterocycles. The van der Waals surface area contributed by atoms with E-state index in [-0.39, 0.29) is 34.0 Å². The minimum Gasteiger partial charge on any atom is -0.432 e.